The number of benzene rings is 2. The molecule has 1 aliphatic heterocycles. The fraction of sp³-hybridized carbons (Fsp3) is 0.300. The number of morpholine rings is 1. The number of hydrogen-bond donors (Lipinski definition) is 1. The third-order valence-corrected chi connectivity index (χ3v) is 7.69. The molecule has 1 fully saturated rings. The predicted octanol–water partition coefficient (Wildman–Crippen LogP) is 1.72. The summed E-state index contributed by atoms with van der Waals surface area (Å²) in [5.41, 5.74) is 2.37. The van der Waals surface area contributed by atoms with Crippen LogP contribution < -0.4 is 5.32 Å². The molecular weight excluding hydrogens is 452 g/mol. The lowest BCUT2D eigenvalue weighted by Gasteiger charge is -2.26. The molecule has 2 aromatic carbocycles. The Kier molecular flexibility index (Phi) is 6.84. The van der Waals surface area contributed by atoms with Crippen molar-refractivity contribution < 1.29 is 17.9 Å². The number of hydrogen-bond acceptors (Lipinski definition) is 8. The Morgan fingerprint density at radius 2 is 1.84 bits per heavy atom. The zero-order valence-electron chi connectivity index (χ0n) is 17.3. The molecule has 0 bridgehead atoms. The Morgan fingerprint density at radius 1 is 1.12 bits per heavy atom. The summed E-state index contributed by atoms with van der Waals surface area (Å²) < 4.78 is 33.6. The average molecular weight is 475 g/mol. The van der Waals surface area contributed by atoms with Gasteiger partial charge in [-0.05, 0) is 53.2 Å². The Morgan fingerprint density at radius 3 is 2.56 bits per heavy atom. The number of tetrazole rings is 1. The first-order valence-electron chi connectivity index (χ1n) is 9.90. The highest BCUT2D eigenvalue weighted by Gasteiger charge is 2.26. The number of nitrogens with zero attached hydrogens (tertiary/aromatic N) is 5. The number of anilines is 1. The first kappa shape index (κ1) is 22.4. The third-order valence-electron chi connectivity index (χ3n) is 4.86. The molecule has 3 aromatic rings. The predicted molar refractivity (Wildman–Crippen MR) is 119 cm³/mol. The van der Waals surface area contributed by atoms with E-state index >= 15 is 0 Å². The number of sulfonamides is 1. The monoisotopic (exact) mass is 474 g/mol. The van der Waals surface area contributed by atoms with Crippen LogP contribution in [0.5, 0.6) is 0 Å². The van der Waals surface area contributed by atoms with Crippen LogP contribution in [0.15, 0.2) is 58.6 Å². The van der Waals surface area contributed by atoms with Gasteiger partial charge in [-0.15, -0.1) is 5.10 Å². The van der Waals surface area contributed by atoms with Gasteiger partial charge in [-0.3, -0.25) is 4.79 Å². The lowest BCUT2D eigenvalue weighted by molar-refractivity contribution is -0.113. The largest absolute Gasteiger partial charge is 0.379 e. The van der Waals surface area contributed by atoms with Crippen LogP contribution in [-0.2, 0) is 19.6 Å². The van der Waals surface area contributed by atoms with Gasteiger partial charge in [0.05, 0.1) is 29.5 Å². The standard InChI is InChI=1S/C20H22N6O4S2/c1-15-4-2-3-5-18(15)26-20(22-23-24-26)31-14-19(27)21-16-6-8-17(9-7-16)32(28,29)25-10-12-30-13-11-25/h2-9H,10-14H2,1H3,(H,21,27). The number of ether oxygens (including phenoxy) is 1. The smallest absolute Gasteiger partial charge is 0.243 e. The molecule has 0 saturated carbocycles. The molecule has 0 atom stereocenters. The molecule has 0 aliphatic carbocycles. The lowest BCUT2D eigenvalue weighted by atomic mass is 10.2. The molecule has 168 valence electrons. The van der Waals surface area contributed by atoms with Gasteiger partial charge in [-0.1, -0.05) is 30.0 Å². The second-order valence-electron chi connectivity index (χ2n) is 7.04. The number of thioether (sulfide) groups is 1. The number of aryl methyl sites for hydroxylation is 1. The van der Waals surface area contributed by atoms with Crippen molar-refractivity contribution >= 4 is 33.4 Å². The van der Waals surface area contributed by atoms with Crippen molar-refractivity contribution in [1.82, 2.24) is 24.5 Å². The number of aromatic nitrogens is 4. The number of carbonyl (C=O) groups is 1. The minimum atomic E-state index is -3.57. The summed E-state index contributed by atoms with van der Waals surface area (Å²) in [4.78, 5) is 12.6. The SMILES string of the molecule is Cc1ccccc1-n1nnnc1SCC(=O)Nc1ccc(S(=O)(=O)N2CCOCC2)cc1. The third kappa shape index (κ3) is 4.99. The summed E-state index contributed by atoms with van der Waals surface area (Å²) in [6, 6.07) is 13.8. The Balaban J connectivity index is 1.36. The zero-order valence-corrected chi connectivity index (χ0v) is 19.0. The van der Waals surface area contributed by atoms with E-state index in [1.54, 1.807) is 16.8 Å². The van der Waals surface area contributed by atoms with E-state index in [9.17, 15) is 13.2 Å². The van der Waals surface area contributed by atoms with Crippen molar-refractivity contribution in [3.8, 4) is 5.69 Å². The second-order valence-corrected chi connectivity index (χ2v) is 9.92. The molecule has 12 heteroatoms. The molecule has 4 rings (SSSR count). The van der Waals surface area contributed by atoms with Crippen LogP contribution >= 0.6 is 11.8 Å². The molecule has 1 amide bonds. The highest BCUT2D eigenvalue weighted by Crippen LogP contribution is 2.22. The fourth-order valence-electron chi connectivity index (χ4n) is 3.19. The minimum Gasteiger partial charge on any atom is -0.379 e. The molecule has 1 N–H and O–H groups in total. The summed E-state index contributed by atoms with van der Waals surface area (Å²) in [6.07, 6.45) is 0. The summed E-state index contributed by atoms with van der Waals surface area (Å²) >= 11 is 1.21. The van der Waals surface area contributed by atoms with Crippen molar-refractivity contribution in [2.75, 3.05) is 37.4 Å². The van der Waals surface area contributed by atoms with E-state index in [-0.39, 0.29) is 16.6 Å². The van der Waals surface area contributed by atoms with Gasteiger partial charge in [0.15, 0.2) is 0 Å². The normalized spacial score (nSPS) is 14.9. The van der Waals surface area contributed by atoms with Crippen molar-refractivity contribution in [2.24, 2.45) is 0 Å². The van der Waals surface area contributed by atoms with Crippen LogP contribution in [0.4, 0.5) is 5.69 Å². The Hall–Kier alpha value is -2.80. The molecule has 10 nitrogen and oxygen atoms in total. The fourth-order valence-corrected chi connectivity index (χ4v) is 5.29. The Labute approximate surface area is 190 Å². The molecule has 32 heavy (non-hydrogen) atoms. The molecule has 1 aliphatic rings. The quantitative estimate of drug-likeness (QED) is 0.514. The lowest BCUT2D eigenvalue weighted by Crippen LogP contribution is -2.40. The number of rotatable bonds is 7. The summed E-state index contributed by atoms with van der Waals surface area (Å²) in [7, 11) is -3.57. The van der Waals surface area contributed by atoms with Crippen LogP contribution in [0.25, 0.3) is 5.69 Å². The first-order chi connectivity index (χ1) is 15.4. The molecule has 1 saturated heterocycles. The number of para-hydroxylation sites is 1. The first-order valence-corrected chi connectivity index (χ1v) is 12.3. The highest BCUT2D eigenvalue weighted by molar-refractivity contribution is 7.99. The van der Waals surface area contributed by atoms with Crippen LogP contribution in [-0.4, -0.2) is 70.9 Å². The van der Waals surface area contributed by atoms with Crippen LogP contribution in [0.3, 0.4) is 0 Å². The van der Waals surface area contributed by atoms with Crippen molar-refractivity contribution in [1.29, 1.82) is 0 Å². The average Bonchev–Trinajstić information content (AvgIpc) is 3.27. The van der Waals surface area contributed by atoms with Gasteiger partial charge in [0.2, 0.25) is 21.1 Å². The van der Waals surface area contributed by atoms with E-state index in [1.165, 1.54) is 28.2 Å². The molecular formula is C20H22N6O4S2. The van der Waals surface area contributed by atoms with Crippen LogP contribution in [0, 0.1) is 6.92 Å². The van der Waals surface area contributed by atoms with Gasteiger partial charge in [-0.2, -0.15) is 8.99 Å². The van der Waals surface area contributed by atoms with Gasteiger partial charge >= 0.3 is 0 Å². The van der Waals surface area contributed by atoms with Crippen molar-refractivity contribution in [2.45, 2.75) is 17.0 Å². The molecule has 0 radical (unpaired) electrons. The molecule has 0 unspecified atom stereocenters. The van der Waals surface area contributed by atoms with E-state index < -0.39 is 10.0 Å². The number of amides is 1. The van der Waals surface area contributed by atoms with E-state index in [0.717, 1.165) is 11.3 Å². The second kappa shape index (κ2) is 9.77. The van der Waals surface area contributed by atoms with Crippen molar-refractivity contribution in [3.63, 3.8) is 0 Å². The van der Waals surface area contributed by atoms with Gasteiger partial charge in [0, 0.05) is 18.8 Å². The van der Waals surface area contributed by atoms with E-state index in [0.29, 0.717) is 37.1 Å². The number of carbonyl (C=O) groups excluding carboxylic acids is 1. The Bertz CT molecular complexity index is 1190. The van der Waals surface area contributed by atoms with E-state index in [4.69, 9.17) is 4.74 Å². The van der Waals surface area contributed by atoms with Gasteiger partial charge in [0.1, 0.15) is 0 Å². The maximum Gasteiger partial charge on any atom is 0.243 e. The maximum absolute atomic E-state index is 12.7. The number of nitrogens with one attached hydrogen (secondary N) is 1. The van der Waals surface area contributed by atoms with Crippen LogP contribution in [0.1, 0.15) is 5.56 Å². The topological polar surface area (TPSA) is 119 Å². The van der Waals surface area contributed by atoms with Crippen LogP contribution in [0.2, 0.25) is 0 Å². The molecule has 1 aromatic heterocycles. The zero-order chi connectivity index (χ0) is 22.6. The van der Waals surface area contributed by atoms with Gasteiger partial charge in [-0.25, -0.2) is 8.42 Å². The molecule has 0 spiro atoms. The summed E-state index contributed by atoms with van der Waals surface area (Å²) in [5.74, 6) is -0.154. The van der Waals surface area contributed by atoms with E-state index in [1.807, 2.05) is 31.2 Å². The van der Waals surface area contributed by atoms with E-state index in [2.05, 4.69) is 20.8 Å². The summed E-state index contributed by atoms with van der Waals surface area (Å²) in [5, 5.41) is 15.0. The minimum absolute atomic E-state index is 0.0973. The van der Waals surface area contributed by atoms with Crippen molar-refractivity contribution in [3.05, 3.63) is 54.1 Å². The molecule has 2 heterocycles. The summed E-state index contributed by atoms with van der Waals surface area (Å²) in [6.45, 7) is 3.40. The highest BCUT2D eigenvalue weighted by atomic mass is 32.2. The van der Waals surface area contributed by atoms with Gasteiger partial charge in [0.25, 0.3) is 0 Å². The maximum atomic E-state index is 12.7. The van der Waals surface area contributed by atoms with Gasteiger partial charge < -0.3 is 10.1 Å².